The third-order valence-electron chi connectivity index (χ3n) is 9.47. The monoisotopic (exact) mass is 1230 g/mol. The zero-order chi connectivity index (χ0) is 40.0. The van der Waals surface area contributed by atoms with Crippen molar-refractivity contribution in [3.63, 3.8) is 0 Å². The van der Waals surface area contributed by atoms with Gasteiger partial charge in [-0.3, -0.25) is 14.1 Å². The molecule has 3 aromatic rings. The van der Waals surface area contributed by atoms with Crippen molar-refractivity contribution in [1.82, 2.24) is 0 Å². The largest absolute Gasteiger partial charge is 0.506 e. The van der Waals surface area contributed by atoms with Gasteiger partial charge in [-0.15, -0.1) is 0 Å². The van der Waals surface area contributed by atoms with E-state index in [1.807, 2.05) is 93.8 Å². The van der Waals surface area contributed by atoms with Crippen molar-refractivity contribution in [2.45, 2.75) is 17.1 Å². The topological polar surface area (TPSA) is 180 Å². The zero-order valence-corrected chi connectivity index (χ0v) is 37.1. The molecule has 0 amide bonds. The quantitative estimate of drug-likeness (QED) is 0.0492. The highest BCUT2D eigenvalue weighted by molar-refractivity contribution is 14.1. The Hall–Kier alpha value is -2.49. The Labute approximate surface area is 367 Å². The Kier molecular flexibility index (Phi) is 12.8. The lowest BCUT2D eigenvalue weighted by atomic mass is 9.48. The number of alkyl halides is 2. The molecular formula is C36H26F2I4O12S. The van der Waals surface area contributed by atoms with E-state index < -0.39 is 69.5 Å². The summed E-state index contributed by atoms with van der Waals surface area (Å²) in [7, 11) is -5.83. The number of carbonyl (C=O) groups is 4. The minimum absolute atomic E-state index is 0.0222. The highest BCUT2D eigenvalue weighted by Crippen LogP contribution is 2.62. The molecule has 12 nitrogen and oxygen atoms in total. The van der Waals surface area contributed by atoms with Crippen molar-refractivity contribution >= 4 is 124 Å². The third kappa shape index (κ3) is 8.55. The molecule has 0 saturated heterocycles. The molecular weight excluding hydrogens is 1200 g/mol. The molecule has 4 aliphatic rings. The van der Waals surface area contributed by atoms with E-state index in [-0.39, 0.29) is 54.8 Å². The fraction of sp³-hybridized carbons (Fsp3) is 0.278. The summed E-state index contributed by atoms with van der Waals surface area (Å²) in [5, 5.41) is 5.30. The Morgan fingerprint density at radius 2 is 1.16 bits per heavy atom. The maximum absolute atomic E-state index is 14.4. The number of ether oxygens (including phenoxy) is 4. The van der Waals surface area contributed by atoms with Gasteiger partial charge in [0.05, 0.1) is 37.2 Å². The molecule has 2 N–H and O–H groups in total. The number of aromatic hydroxyl groups is 1. The van der Waals surface area contributed by atoms with Crippen LogP contribution in [0.25, 0.3) is 0 Å². The Bertz CT molecular complexity index is 2220. The van der Waals surface area contributed by atoms with Crippen molar-refractivity contribution in [1.29, 1.82) is 0 Å². The third-order valence-corrected chi connectivity index (χ3v) is 13.6. The van der Waals surface area contributed by atoms with Crippen LogP contribution in [-0.2, 0) is 33.9 Å². The normalized spacial score (nSPS) is 22.3. The second kappa shape index (κ2) is 16.8. The number of halogens is 6. The first-order valence-corrected chi connectivity index (χ1v) is 21.8. The fourth-order valence-corrected chi connectivity index (χ4v) is 11.1. The van der Waals surface area contributed by atoms with E-state index in [1.165, 1.54) is 24.3 Å². The summed E-state index contributed by atoms with van der Waals surface area (Å²) in [6, 6.07) is 12.9. The van der Waals surface area contributed by atoms with Crippen LogP contribution in [0.3, 0.4) is 0 Å². The molecule has 3 aromatic carbocycles. The maximum Gasteiger partial charge on any atom is 0.402 e. The summed E-state index contributed by atoms with van der Waals surface area (Å²) in [6.07, 6.45) is 7.80. The highest BCUT2D eigenvalue weighted by Gasteiger charge is 2.61. The molecule has 1 saturated carbocycles. The van der Waals surface area contributed by atoms with Crippen molar-refractivity contribution in [2.75, 3.05) is 19.8 Å². The predicted octanol–water partition coefficient (Wildman–Crippen LogP) is 7.24. The van der Waals surface area contributed by atoms with Crippen LogP contribution in [0.2, 0.25) is 0 Å². The number of hydrogen-bond donors (Lipinski definition) is 2. The molecule has 19 heteroatoms. The first-order valence-electron chi connectivity index (χ1n) is 16.1. The molecule has 2 bridgehead atoms. The lowest BCUT2D eigenvalue weighted by molar-refractivity contribution is -0.164. The number of hydrogen-bond acceptors (Lipinski definition) is 11. The molecule has 290 valence electrons. The number of esters is 4. The van der Waals surface area contributed by atoms with Gasteiger partial charge in [0.1, 0.15) is 19.0 Å². The molecule has 55 heavy (non-hydrogen) atoms. The number of fused-ring (bicyclic) bond motifs is 1. The van der Waals surface area contributed by atoms with Gasteiger partial charge in [-0.1, -0.05) is 48.6 Å². The summed E-state index contributed by atoms with van der Waals surface area (Å²) in [5.74, 6) is -6.76. The SMILES string of the molecule is O=C(OCCOC(=O)C1C(C(=O)Oc2c(I)cc(C(=O)OCC(F)(F)S(=O)(=O)O)cc2I)C2c3ccccc3C1C1C=CC=CC12)c1cc(I)c(O)c(I)c1. The fourth-order valence-electron chi connectivity index (χ4n) is 7.18. The summed E-state index contributed by atoms with van der Waals surface area (Å²) < 4.78 is 80.7. The Morgan fingerprint density at radius 3 is 1.67 bits per heavy atom. The smallest absolute Gasteiger partial charge is 0.402 e. The summed E-state index contributed by atoms with van der Waals surface area (Å²) in [4.78, 5) is 53.8. The number of benzene rings is 3. The maximum atomic E-state index is 14.4. The number of rotatable bonds is 11. The van der Waals surface area contributed by atoms with E-state index in [0.717, 1.165) is 11.1 Å². The zero-order valence-electron chi connectivity index (χ0n) is 27.7. The van der Waals surface area contributed by atoms with E-state index in [1.54, 1.807) is 45.2 Å². The van der Waals surface area contributed by atoms with Crippen molar-refractivity contribution < 1.29 is 65.0 Å². The molecule has 4 aliphatic carbocycles. The second-order valence-corrected chi connectivity index (χ2v) is 18.8. The lowest BCUT2D eigenvalue weighted by Gasteiger charge is -2.54. The number of phenolic OH excluding ortho intramolecular Hbond substituents is 1. The van der Waals surface area contributed by atoms with Crippen molar-refractivity contribution in [3.05, 3.63) is 109 Å². The van der Waals surface area contributed by atoms with E-state index in [9.17, 15) is 41.5 Å². The van der Waals surface area contributed by atoms with Gasteiger partial charge in [-0.2, -0.15) is 17.2 Å². The predicted molar refractivity (Wildman–Crippen MR) is 223 cm³/mol. The van der Waals surface area contributed by atoms with Crippen LogP contribution in [0.5, 0.6) is 11.5 Å². The first-order chi connectivity index (χ1) is 25.9. The number of allylic oxidation sites excluding steroid dienone is 4. The Morgan fingerprint density at radius 1 is 0.709 bits per heavy atom. The van der Waals surface area contributed by atoms with Crippen molar-refractivity contribution in [2.24, 2.45) is 23.7 Å². The standard InChI is InChI=1S/C36H26F2I4O12S/c37-36(38,55(48,49)50)15-53-33(45)17-13-24(41)31(25(42)14-17)54-35(47)29-27-20-7-3-1-5-18(20)26(19-6-2-4-8-21(19)27)28(29)34(46)52-10-9-51-32(44)16-11-22(39)30(43)23(40)12-16/h1-8,11-14,18,20,26-29,43H,9-10,15H2,(H,48,49,50). The van der Waals surface area contributed by atoms with Gasteiger partial charge in [0, 0.05) is 11.8 Å². The average molecular weight is 1230 g/mol. The van der Waals surface area contributed by atoms with Gasteiger partial charge in [0.15, 0.2) is 12.4 Å². The van der Waals surface area contributed by atoms with Crippen LogP contribution < -0.4 is 4.74 Å². The van der Waals surface area contributed by atoms with E-state index >= 15 is 0 Å². The molecule has 0 aromatic heterocycles. The molecule has 6 atom stereocenters. The molecule has 6 unspecified atom stereocenters. The second-order valence-electron chi connectivity index (χ2n) is 12.6. The minimum Gasteiger partial charge on any atom is -0.506 e. The van der Waals surface area contributed by atoms with Crippen LogP contribution in [0.4, 0.5) is 8.78 Å². The van der Waals surface area contributed by atoms with Crippen molar-refractivity contribution in [3.8, 4) is 11.5 Å². The summed E-state index contributed by atoms with van der Waals surface area (Å²) >= 11 is 7.34. The molecule has 0 aliphatic heterocycles. The molecule has 1 fully saturated rings. The average Bonchev–Trinajstić information content (AvgIpc) is 3.14. The minimum atomic E-state index is -5.83. The van der Waals surface area contributed by atoms with Crippen LogP contribution in [0.15, 0.2) is 72.8 Å². The van der Waals surface area contributed by atoms with E-state index in [0.29, 0.717) is 7.14 Å². The summed E-state index contributed by atoms with van der Waals surface area (Å²) in [5.41, 5.74) is 1.73. The highest BCUT2D eigenvalue weighted by atomic mass is 127. The van der Waals surface area contributed by atoms with E-state index in [4.69, 9.17) is 18.8 Å². The van der Waals surface area contributed by atoms with Crippen LogP contribution in [-0.4, -0.2) is 67.0 Å². The molecule has 0 heterocycles. The first kappa shape index (κ1) is 42.1. The number of carbonyl (C=O) groups excluding carboxylic acids is 4. The van der Waals surface area contributed by atoms with Gasteiger partial charge in [0.25, 0.3) is 0 Å². The molecule has 0 spiro atoms. The van der Waals surface area contributed by atoms with Crippen LogP contribution >= 0.6 is 90.4 Å². The van der Waals surface area contributed by atoms with Crippen LogP contribution in [0, 0.1) is 38.0 Å². The molecule has 7 rings (SSSR count). The van der Waals surface area contributed by atoms with Gasteiger partial charge < -0.3 is 24.1 Å². The van der Waals surface area contributed by atoms with Gasteiger partial charge in [-0.25, -0.2) is 9.59 Å². The Balaban J connectivity index is 1.24. The number of phenols is 1. The van der Waals surface area contributed by atoms with E-state index in [2.05, 4.69) is 4.74 Å². The van der Waals surface area contributed by atoms with Crippen LogP contribution in [0.1, 0.15) is 43.7 Å². The van der Waals surface area contributed by atoms with Gasteiger partial charge >= 0.3 is 39.2 Å². The van der Waals surface area contributed by atoms with Gasteiger partial charge in [0.2, 0.25) is 0 Å². The van der Waals surface area contributed by atoms with Gasteiger partial charge in [-0.05, 0) is 138 Å². The molecule has 0 radical (unpaired) electrons. The summed E-state index contributed by atoms with van der Waals surface area (Å²) in [6.45, 7) is -2.51. The lowest BCUT2D eigenvalue weighted by Crippen LogP contribution is -2.54.